The molecule has 0 saturated carbocycles. The third kappa shape index (κ3) is 4.32. The molecule has 1 amide bonds. The second-order valence-electron chi connectivity index (χ2n) is 6.21. The molecule has 0 atom stereocenters. The Morgan fingerprint density at radius 2 is 1.96 bits per heavy atom. The highest BCUT2D eigenvalue weighted by molar-refractivity contribution is 8.01. The first-order valence-corrected chi connectivity index (χ1v) is 10.4. The number of fused-ring (bicyclic) bond motifs is 1. The molecule has 4 aromatic rings. The van der Waals surface area contributed by atoms with Gasteiger partial charge in [-0.05, 0) is 31.2 Å². The number of hydrogen-bond donors (Lipinski definition) is 1. The van der Waals surface area contributed by atoms with Crippen LogP contribution in [0.25, 0.3) is 22.2 Å². The molecule has 0 aliphatic heterocycles. The van der Waals surface area contributed by atoms with E-state index in [9.17, 15) is 9.59 Å². The fourth-order valence-electron chi connectivity index (χ4n) is 2.65. The van der Waals surface area contributed by atoms with Gasteiger partial charge >= 0.3 is 5.63 Å². The van der Waals surface area contributed by atoms with E-state index in [1.807, 2.05) is 17.5 Å². The van der Waals surface area contributed by atoms with E-state index < -0.39 is 5.63 Å². The minimum absolute atomic E-state index is 0.117. The van der Waals surface area contributed by atoms with Crippen molar-refractivity contribution in [2.45, 2.75) is 11.3 Å². The number of aryl methyl sites for hydroxylation is 1. The number of hydrogen-bond acceptors (Lipinski definition) is 6. The lowest BCUT2D eigenvalue weighted by atomic mass is 10.1. The van der Waals surface area contributed by atoms with Crippen LogP contribution in [0.2, 0.25) is 0 Å². The summed E-state index contributed by atoms with van der Waals surface area (Å²) >= 11 is 2.94. The van der Waals surface area contributed by atoms with Crippen LogP contribution in [0.5, 0.6) is 0 Å². The van der Waals surface area contributed by atoms with Gasteiger partial charge in [-0.2, -0.15) is 0 Å². The Morgan fingerprint density at radius 1 is 1.14 bits per heavy atom. The molecular formula is C21H16N2O3S2. The van der Waals surface area contributed by atoms with Crippen LogP contribution in [0.1, 0.15) is 5.56 Å². The summed E-state index contributed by atoms with van der Waals surface area (Å²) in [6.45, 7) is 2.05. The Kier molecular flexibility index (Phi) is 5.27. The van der Waals surface area contributed by atoms with Crippen molar-refractivity contribution in [1.29, 1.82) is 0 Å². The monoisotopic (exact) mass is 408 g/mol. The first-order chi connectivity index (χ1) is 13.6. The Bertz CT molecular complexity index is 1200. The number of thiazole rings is 1. The van der Waals surface area contributed by atoms with Gasteiger partial charge < -0.3 is 9.73 Å². The fourth-order valence-corrected chi connectivity index (χ4v) is 4.29. The van der Waals surface area contributed by atoms with E-state index in [2.05, 4.69) is 29.4 Å². The van der Waals surface area contributed by atoms with Gasteiger partial charge in [-0.15, -0.1) is 11.3 Å². The predicted octanol–water partition coefficient (Wildman–Crippen LogP) is 4.96. The lowest BCUT2D eigenvalue weighted by Crippen LogP contribution is -2.13. The smallest absolute Gasteiger partial charge is 0.336 e. The Morgan fingerprint density at radius 3 is 2.79 bits per heavy atom. The predicted molar refractivity (Wildman–Crippen MR) is 114 cm³/mol. The molecule has 0 bridgehead atoms. The quantitative estimate of drug-likeness (QED) is 0.373. The Balaban J connectivity index is 1.37. The minimum Gasteiger partial charge on any atom is -0.423 e. The van der Waals surface area contributed by atoms with Crippen molar-refractivity contribution < 1.29 is 9.21 Å². The van der Waals surface area contributed by atoms with Crippen LogP contribution in [0, 0.1) is 6.92 Å². The van der Waals surface area contributed by atoms with Gasteiger partial charge in [-0.1, -0.05) is 41.6 Å². The second-order valence-corrected chi connectivity index (χ2v) is 8.29. The molecule has 0 aliphatic rings. The van der Waals surface area contributed by atoms with Gasteiger partial charge in [-0.25, -0.2) is 9.78 Å². The second kappa shape index (κ2) is 8.00. The van der Waals surface area contributed by atoms with Crippen LogP contribution in [-0.4, -0.2) is 16.6 Å². The van der Waals surface area contributed by atoms with Crippen LogP contribution < -0.4 is 10.9 Å². The molecule has 140 valence electrons. The number of benzene rings is 2. The summed E-state index contributed by atoms with van der Waals surface area (Å²) in [5.41, 5.74) is 3.96. The van der Waals surface area contributed by atoms with E-state index in [0.29, 0.717) is 11.3 Å². The van der Waals surface area contributed by atoms with Gasteiger partial charge in [0, 0.05) is 28.1 Å². The van der Waals surface area contributed by atoms with Crippen LogP contribution in [0.15, 0.2) is 73.5 Å². The van der Waals surface area contributed by atoms with Crippen molar-refractivity contribution in [1.82, 2.24) is 4.98 Å². The molecule has 0 spiro atoms. The summed E-state index contributed by atoms with van der Waals surface area (Å²) in [5, 5.41) is 5.62. The van der Waals surface area contributed by atoms with Gasteiger partial charge in [0.15, 0.2) is 4.34 Å². The minimum atomic E-state index is -0.394. The van der Waals surface area contributed by atoms with Crippen molar-refractivity contribution in [3.8, 4) is 11.3 Å². The summed E-state index contributed by atoms with van der Waals surface area (Å²) in [6.07, 6.45) is 0. The summed E-state index contributed by atoms with van der Waals surface area (Å²) < 4.78 is 5.95. The molecule has 2 aromatic heterocycles. The number of amides is 1. The molecule has 28 heavy (non-hydrogen) atoms. The summed E-state index contributed by atoms with van der Waals surface area (Å²) in [7, 11) is 0. The van der Waals surface area contributed by atoms with Gasteiger partial charge in [0.25, 0.3) is 0 Å². The zero-order valence-corrected chi connectivity index (χ0v) is 16.6. The summed E-state index contributed by atoms with van der Waals surface area (Å²) in [4.78, 5) is 28.1. The van der Waals surface area contributed by atoms with E-state index >= 15 is 0 Å². The molecule has 0 fully saturated rings. The van der Waals surface area contributed by atoms with E-state index in [1.165, 1.54) is 34.7 Å². The first-order valence-electron chi connectivity index (χ1n) is 8.56. The number of rotatable bonds is 5. The number of thioether (sulfide) groups is 1. The summed E-state index contributed by atoms with van der Waals surface area (Å²) in [6, 6.07) is 16.4. The normalized spacial score (nSPS) is 10.9. The molecule has 0 aliphatic carbocycles. The number of nitrogens with zero attached hydrogens (tertiary/aromatic N) is 1. The lowest BCUT2D eigenvalue weighted by molar-refractivity contribution is -0.113. The molecule has 1 N–H and O–H groups in total. The van der Waals surface area contributed by atoms with E-state index in [4.69, 9.17) is 4.42 Å². The van der Waals surface area contributed by atoms with Crippen molar-refractivity contribution in [3.63, 3.8) is 0 Å². The molecule has 4 rings (SSSR count). The van der Waals surface area contributed by atoms with Crippen molar-refractivity contribution in [2.24, 2.45) is 0 Å². The SMILES string of the molecule is Cc1ccc(-c2csc(SCC(=O)Nc3ccc4oc(=O)ccc4c3)n2)cc1. The highest BCUT2D eigenvalue weighted by Gasteiger charge is 2.09. The molecule has 0 radical (unpaired) electrons. The zero-order valence-electron chi connectivity index (χ0n) is 15.0. The maximum atomic E-state index is 12.3. The summed E-state index contributed by atoms with van der Waals surface area (Å²) in [5.74, 6) is 0.150. The lowest BCUT2D eigenvalue weighted by Gasteiger charge is -2.05. The van der Waals surface area contributed by atoms with E-state index in [-0.39, 0.29) is 11.7 Å². The molecule has 5 nitrogen and oxygen atoms in total. The van der Waals surface area contributed by atoms with Crippen LogP contribution in [-0.2, 0) is 4.79 Å². The third-order valence-corrected chi connectivity index (χ3v) is 6.08. The van der Waals surface area contributed by atoms with Crippen LogP contribution in [0.3, 0.4) is 0 Å². The molecule has 0 saturated heterocycles. The first kappa shape index (κ1) is 18.5. The van der Waals surface area contributed by atoms with Crippen LogP contribution >= 0.6 is 23.1 Å². The maximum absolute atomic E-state index is 12.3. The highest BCUT2D eigenvalue weighted by Crippen LogP contribution is 2.28. The average molecular weight is 409 g/mol. The molecule has 2 aromatic carbocycles. The largest absolute Gasteiger partial charge is 0.423 e. The molecule has 2 heterocycles. The number of anilines is 1. The number of nitrogens with one attached hydrogen (secondary N) is 1. The number of carbonyl (C=O) groups excluding carboxylic acids is 1. The van der Waals surface area contributed by atoms with Crippen molar-refractivity contribution in [2.75, 3.05) is 11.1 Å². The van der Waals surface area contributed by atoms with Gasteiger partial charge in [0.2, 0.25) is 5.91 Å². The number of aromatic nitrogens is 1. The topological polar surface area (TPSA) is 72.2 Å². The van der Waals surface area contributed by atoms with Gasteiger partial charge in [0.05, 0.1) is 11.4 Å². The third-order valence-electron chi connectivity index (χ3n) is 4.06. The van der Waals surface area contributed by atoms with E-state index in [0.717, 1.165) is 21.0 Å². The Hall–Kier alpha value is -2.90. The van der Waals surface area contributed by atoms with Gasteiger partial charge in [0.1, 0.15) is 5.58 Å². The Labute approximate surface area is 169 Å². The molecule has 0 unspecified atom stereocenters. The standard InChI is InChI=1S/C21H16N2O3S2/c1-13-2-4-14(5-3-13)17-11-27-21(23-17)28-12-19(24)22-16-7-8-18-15(10-16)6-9-20(25)26-18/h2-11H,12H2,1H3,(H,22,24). The highest BCUT2D eigenvalue weighted by atomic mass is 32.2. The fraction of sp³-hybridized carbons (Fsp3) is 0.0952. The number of carbonyl (C=O) groups is 1. The molecule has 7 heteroatoms. The average Bonchev–Trinajstić information content (AvgIpc) is 3.16. The zero-order chi connectivity index (χ0) is 19.5. The molecular weight excluding hydrogens is 392 g/mol. The van der Waals surface area contributed by atoms with Crippen molar-refractivity contribution >= 4 is 45.7 Å². The van der Waals surface area contributed by atoms with Gasteiger partial charge in [-0.3, -0.25) is 4.79 Å². The maximum Gasteiger partial charge on any atom is 0.336 e. The van der Waals surface area contributed by atoms with E-state index in [1.54, 1.807) is 24.3 Å². The van der Waals surface area contributed by atoms with Crippen molar-refractivity contribution in [3.05, 3.63) is 76.0 Å². The van der Waals surface area contributed by atoms with Crippen LogP contribution in [0.4, 0.5) is 5.69 Å².